The number of ether oxygens (including phenoxy) is 2. The lowest BCUT2D eigenvalue weighted by molar-refractivity contribution is -0.139. The molecule has 1 saturated heterocycles. The third-order valence-electron chi connectivity index (χ3n) is 7.71. The molecule has 1 aliphatic carbocycles. The van der Waals surface area contributed by atoms with Crippen LogP contribution in [0, 0.1) is 0 Å². The Morgan fingerprint density at radius 2 is 1.52 bits per heavy atom. The lowest BCUT2D eigenvalue weighted by Gasteiger charge is -2.45. The maximum atomic E-state index is 13.2. The average molecular weight is 558 g/mol. The van der Waals surface area contributed by atoms with Crippen LogP contribution in [0.5, 0.6) is 0 Å². The van der Waals surface area contributed by atoms with Gasteiger partial charge in [-0.05, 0) is 33.1 Å². The lowest BCUT2D eigenvalue weighted by Crippen LogP contribution is -2.70. The summed E-state index contributed by atoms with van der Waals surface area (Å²) < 4.78 is 18.1. The van der Waals surface area contributed by atoms with Gasteiger partial charge in [-0.3, -0.25) is 4.79 Å². The predicted octanol–water partition coefficient (Wildman–Crippen LogP) is 3.50. The Hall–Kier alpha value is -3.56. The minimum Gasteiger partial charge on any atom is -0.445 e. The molecule has 0 saturated carbocycles. The number of fused-ring (bicyclic) bond motifs is 1. The van der Waals surface area contributed by atoms with E-state index in [1.807, 2.05) is 66.7 Å². The summed E-state index contributed by atoms with van der Waals surface area (Å²) in [4.78, 5) is 26.2. The first kappa shape index (κ1) is 28.0. The Bertz CT molecular complexity index is 1320. The highest BCUT2D eigenvalue weighted by Crippen LogP contribution is 2.41. The summed E-state index contributed by atoms with van der Waals surface area (Å²) in [5, 5.41) is 16.3. The molecule has 0 spiro atoms. The van der Waals surface area contributed by atoms with Crippen molar-refractivity contribution in [1.82, 2.24) is 5.32 Å². The zero-order valence-electron chi connectivity index (χ0n) is 22.9. The maximum Gasteiger partial charge on any atom is 0.407 e. The van der Waals surface area contributed by atoms with Crippen LogP contribution in [0.1, 0.15) is 26.3 Å². The zero-order valence-corrected chi connectivity index (χ0v) is 23.9. The molecule has 3 aromatic rings. The van der Waals surface area contributed by atoms with Gasteiger partial charge in [-0.15, -0.1) is 0 Å². The van der Waals surface area contributed by atoms with E-state index in [2.05, 4.69) is 50.4 Å². The van der Waals surface area contributed by atoms with Gasteiger partial charge in [0.2, 0.25) is 0 Å². The number of amides is 1. The number of rotatable bonds is 9. The van der Waals surface area contributed by atoms with E-state index < -0.39 is 37.9 Å². The highest BCUT2D eigenvalue weighted by molar-refractivity contribution is 6.99. The Balaban J connectivity index is 1.49. The number of hydrogen-bond donors (Lipinski definition) is 2. The number of ketones is 1. The van der Waals surface area contributed by atoms with Crippen molar-refractivity contribution < 1.29 is 28.6 Å². The third-order valence-corrected chi connectivity index (χ3v) is 12.7. The largest absolute Gasteiger partial charge is 0.445 e. The van der Waals surface area contributed by atoms with Gasteiger partial charge in [-0.2, -0.15) is 0 Å². The number of aliphatic hydroxyl groups is 1. The van der Waals surface area contributed by atoms with Gasteiger partial charge in [0.05, 0.1) is 12.6 Å². The van der Waals surface area contributed by atoms with Gasteiger partial charge >= 0.3 is 6.09 Å². The SMILES string of the molecule is CC(C)(C)[Si](OC[C@H](NC(=O)OCc1ccccc1)[C@@]1(O)C(=O)C=C[C@@H]2O[C@@H]21)(c1ccccc1)c1ccccc1. The van der Waals surface area contributed by atoms with Gasteiger partial charge in [-0.1, -0.05) is 112 Å². The minimum absolute atomic E-state index is 0.0454. The van der Waals surface area contributed by atoms with Crippen molar-refractivity contribution in [2.24, 2.45) is 0 Å². The van der Waals surface area contributed by atoms with Gasteiger partial charge in [0.25, 0.3) is 8.32 Å². The normalized spacial score (nSPS) is 22.8. The molecular weight excluding hydrogens is 522 g/mol. The second-order valence-corrected chi connectivity index (χ2v) is 15.6. The van der Waals surface area contributed by atoms with Crippen molar-refractivity contribution in [3.8, 4) is 0 Å². The van der Waals surface area contributed by atoms with Crippen molar-refractivity contribution in [1.29, 1.82) is 0 Å². The number of benzene rings is 3. The van der Waals surface area contributed by atoms with Crippen molar-refractivity contribution >= 4 is 30.6 Å². The van der Waals surface area contributed by atoms with Gasteiger partial charge in [-0.25, -0.2) is 4.79 Å². The molecule has 0 unspecified atom stereocenters. The number of alkyl carbamates (subject to hydrolysis) is 1. The summed E-state index contributed by atoms with van der Waals surface area (Å²) in [6.07, 6.45) is 1.04. The molecular formula is C32H35NO6Si. The number of carbonyl (C=O) groups is 2. The van der Waals surface area contributed by atoms with Crippen LogP contribution in [0.25, 0.3) is 0 Å². The molecule has 1 heterocycles. The Kier molecular flexibility index (Phi) is 7.79. The van der Waals surface area contributed by atoms with Crippen LogP contribution in [-0.4, -0.2) is 55.8 Å². The van der Waals surface area contributed by atoms with Crippen LogP contribution in [-0.2, 0) is 25.3 Å². The molecule has 2 N–H and O–H groups in total. The number of hydrogen-bond acceptors (Lipinski definition) is 6. The van der Waals surface area contributed by atoms with Crippen LogP contribution in [0.15, 0.2) is 103 Å². The quantitative estimate of drug-likeness (QED) is 0.309. The number of nitrogens with one attached hydrogen (secondary N) is 1. The van der Waals surface area contributed by atoms with Gasteiger partial charge in [0, 0.05) is 0 Å². The van der Waals surface area contributed by atoms with Crippen LogP contribution in [0.2, 0.25) is 5.04 Å². The van der Waals surface area contributed by atoms with E-state index in [1.165, 1.54) is 6.08 Å². The molecule has 40 heavy (non-hydrogen) atoms. The number of epoxide rings is 1. The summed E-state index contributed by atoms with van der Waals surface area (Å²) in [5.74, 6) is -0.536. The van der Waals surface area contributed by atoms with Crippen molar-refractivity contribution in [3.05, 3.63) is 109 Å². The Morgan fingerprint density at radius 3 is 2.08 bits per heavy atom. The van der Waals surface area contributed by atoms with Crippen molar-refractivity contribution in [3.63, 3.8) is 0 Å². The predicted molar refractivity (Wildman–Crippen MR) is 155 cm³/mol. The molecule has 1 aliphatic heterocycles. The lowest BCUT2D eigenvalue weighted by atomic mass is 9.81. The molecule has 0 aromatic heterocycles. The smallest absolute Gasteiger partial charge is 0.407 e. The Labute approximate surface area is 235 Å². The summed E-state index contributed by atoms with van der Waals surface area (Å²) in [5.41, 5.74) is -1.19. The van der Waals surface area contributed by atoms with E-state index in [-0.39, 0.29) is 24.4 Å². The van der Waals surface area contributed by atoms with Crippen LogP contribution in [0.4, 0.5) is 4.79 Å². The van der Waals surface area contributed by atoms with Crippen LogP contribution >= 0.6 is 0 Å². The third kappa shape index (κ3) is 5.27. The first-order valence-corrected chi connectivity index (χ1v) is 15.4. The van der Waals surface area contributed by atoms with E-state index in [4.69, 9.17) is 13.9 Å². The highest BCUT2D eigenvalue weighted by atomic mass is 28.4. The van der Waals surface area contributed by atoms with E-state index in [1.54, 1.807) is 6.08 Å². The fourth-order valence-corrected chi connectivity index (χ4v) is 10.2. The molecule has 5 rings (SSSR count). The highest BCUT2D eigenvalue weighted by Gasteiger charge is 2.63. The van der Waals surface area contributed by atoms with Gasteiger partial charge in [0.15, 0.2) is 11.4 Å². The zero-order chi connectivity index (χ0) is 28.4. The molecule has 0 bridgehead atoms. The Morgan fingerprint density at radius 1 is 0.975 bits per heavy atom. The summed E-state index contributed by atoms with van der Waals surface area (Å²) in [7, 11) is -3.03. The topological polar surface area (TPSA) is 97.4 Å². The monoisotopic (exact) mass is 557 g/mol. The van der Waals surface area contributed by atoms with E-state index >= 15 is 0 Å². The first-order chi connectivity index (χ1) is 19.2. The summed E-state index contributed by atoms with van der Waals surface area (Å²) in [6, 6.07) is 28.3. The second kappa shape index (κ2) is 11.1. The average Bonchev–Trinajstić information content (AvgIpc) is 3.76. The van der Waals surface area contributed by atoms with E-state index in [9.17, 15) is 14.7 Å². The van der Waals surface area contributed by atoms with Gasteiger partial charge < -0.3 is 24.3 Å². The van der Waals surface area contributed by atoms with Crippen LogP contribution < -0.4 is 15.7 Å². The minimum atomic E-state index is -3.03. The molecule has 208 valence electrons. The van der Waals surface area contributed by atoms with E-state index in [0.717, 1.165) is 15.9 Å². The molecule has 1 fully saturated rings. The molecule has 4 atom stereocenters. The van der Waals surface area contributed by atoms with E-state index in [0.29, 0.717) is 0 Å². The fraction of sp³-hybridized carbons (Fsp3) is 0.312. The fourth-order valence-electron chi connectivity index (χ4n) is 5.61. The molecule has 3 aromatic carbocycles. The van der Waals surface area contributed by atoms with Gasteiger partial charge in [0.1, 0.15) is 18.8 Å². The molecule has 2 aliphatic rings. The first-order valence-electron chi connectivity index (χ1n) is 13.5. The van der Waals surface area contributed by atoms with Crippen molar-refractivity contribution in [2.75, 3.05) is 6.61 Å². The number of carbonyl (C=O) groups excluding carboxylic acids is 2. The molecule has 8 heteroatoms. The molecule has 1 amide bonds. The summed E-state index contributed by atoms with van der Waals surface area (Å²) in [6.45, 7) is 6.33. The maximum absolute atomic E-state index is 13.2. The molecule has 0 radical (unpaired) electrons. The second-order valence-electron chi connectivity index (χ2n) is 11.3. The standard InChI is InChI=1S/C32H35NO6Si/c1-31(2,3)40(24-15-9-5-10-16-24,25-17-11-6-12-18-25)38-22-27(32(36)28(34)20-19-26-29(32)39-26)33-30(35)37-21-23-13-7-4-8-14-23/h4-20,26-27,29,36H,21-22H2,1-3H3,(H,33,35)/t26-,27-,29-,32+/m0/s1. The van der Waals surface area contributed by atoms with Crippen molar-refractivity contribution in [2.45, 2.75) is 56.3 Å². The van der Waals surface area contributed by atoms with Crippen LogP contribution in [0.3, 0.4) is 0 Å². The summed E-state index contributed by atoms with van der Waals surface area (Å²) >= 11 is 0. The molecule has 7 nitrogen and oxygen atoms in total.